The first-order valence-electron chi connectivity index (χ1n) is 5.82. The largest absolute Gasteiger partial charge is 0.465 e. The molecule has 0 N–H and O–H groups in total. The minimum Gasteiger partial charge on any atom is -0.465 e. The number of carbonyl (C=O) groups is 2. The smallest absolute Gasteiger partial charge is 0.320 e. The molecule has 0 aliphatic heterocycles. The molecule has 0 rings (SSSR count). The molecule has 0 aliphatic carbocycles. The van der Waals surface area contributed by atoms with Crippen molar-refractivity contribution in [3.8, 4) is 0 Å². The topological polar surface area (TPSA) is 43.4 Å². The Balaban J connectivity index is 5.72. The van der Waals surface area contributed by atoms with Crippen LogP contribution in [0.15, 0.2) is 25.3 Å². The molecule has 0 fully saturated rings. The maximum Gasteiger partial charge on any atom is 0.320 e. The fourth-order valence-electron chi connectivity index (χ4n) is 2.19. The van der Waals surface area contributed by atoms with Crippen LogP contribution < -0.4 is 0 Å². The fraction of sp³-hybridized carbons (Fsp3) is 0.571. The quantitative estimate of drug-likeness (QED) is 0.389. The molecular formula is C14H22O3. The van der Waals surface area contributed by atoms with E-state index in [1.807, 2.05) is 0 Å². The lowest BCUT2D eigenvalue weighted by molar-refractivity contribution is -0.165. The van der Waals surface area contributed by atoms with Crippen molar-refractivity contribution in [3.05, 3.63) is 25.3 Å². The van der Waals surface area contributed by atoms with E-state index in [1.54, 1.807) is 32.9 Å². The van der Waals surface area contributed by atoms with Crippen molar-refractivity contribution in [2.75, 3.05) is 6.61 Å². The van der Waals surface area contributed by atoms with Crippen LogP contribution >= 0.6 is 0 Å². The molecule has 0 amide bonds. The Morgan fingerprint density at radius 1 is 1.24 bits per heavy atom. The first-order valence-corrected chi connectivity index (χ1v) is 5.82. The van der Waals surface area contributed by atoms with E-state index in [9.17, 15) is 9.59 Å². The van der Waals surface area contributed by atoms with Gasteiger partial charge in [-0.2, -0.15) is 0 Å². The summed E-state index contributed by atoms with van der Waals surface area (Å²) in [5.41, 5.74) is -1.21. The van der Waals surface area contributed by atoms with Gasteiger partial charge in [-0.3, -0.25) is 9.59 Å². The zero-order chi connectivity index (χ0) is 13.6. The minimum atomic E-state index is -1.21. The Bertz CT molecular complexity index is 303. The number of esters is 1. The number of allylic oxidation sites excluding steroid dienone is 2. The van der Waals surface area contributed by atoms with Crippen LogP contribution in [-0.2, 0) is 14.3 Å². The molecule has 0 radical (unpaired) electrons. The van der Waals surface area contributed by atoms with Crippen LogP contribution in [0.5, 0.6) is 0 Å². The van der Waals surface area contributed by atoms with Crippen LogP contribution in [0.3, 0.4) is 0 Å². The molecule has 0 saturated carbocycles. The Hall–Kier alpha value is -1.38. The van der Waals surface area contributed by atoms with E-state index < -0.39 is 11.4 Å². The van der Waals surface area contributed by atoms with Crippen molar-refractivity contribution < 1.29 is 14.3 Å². The number of ketones is 1. The summed E-state index contributed by atoms with van der Waals surface area (Å²) < 4.78 is 5.06. The van der Waals surface area contributed by atoms with Gasteiger partial charge in [0.2, 0.25) is 0 Å². The monoisotopic (exact) mass is 238 g/mol. The SMILES string of the molecule is C=CC(C)C(C(C)=O)(C(=O)OCC)C(C)C=C. The molecule has 0 heterocycles. The van der Waals surface area contributed by atoms with E-state index in [4.69, 9.17) is 4.74 Å². The molecule has 0 aromatic heterocycles. The van der Waals surface area contributed by atoms with Gasteiger partial charge in [-0.15, -0.1) is 13.2 Å². The van der Waals surface area contributed by atoms with Crippen molar-refractivity contribution in [2.24, 2.45) is 17.3 Å². The van der Waals surface area contributed by atoms with Gasteiger partial charge in [0.15, 0.2) is 0 Å². The van der Waals surface area contributed by atoms with E-state index in [2.05, 4.69) is 13.2 Å². The van der Waals surface area contributed by atoms with Gasteiger partial charge in [0, 0.05) is 0 Å². The second-order valence-electron chi connectivity index (χ2n) is 4.19. The average Bonchev–Trinajstić information content (AvgIpc) is 2.29. The Morgan fingerprint density at radius 2 is 1.65 bits per heavy atom. The van der Waals surface area contributed by atoms with Crippen LogP contribution in [-0.4, -0.2) is 18.4 Å². The van der Waals surface area contributed by atoms with Crippen LogP contribution in [0.2, 0.25) is 0 Å². The zero-order valence-corrected chi connectivity index (χ0v) is 11.2. The second-order valence-corrected chi connectivity index (χ2v) is 4.19. The molecule has 0 bridgehead atoms. The molecule has 3 nitrogen and oxygen atoms in total. The van der Waals surface area contributed by atoms with Gasteiger partial charge < -0.3 is 4.74 Å². The van der Waals surface area contributed by atoms with Gasteiger partial charge >= 0.3 is 5.97 Å². The van der Waals surface area contributed by atoms with Crippen LogP contribution in [0.1, 0.15) is 27.7 Å². The van der Waals surface area contributed by atoms with E-state index in [-0.39, 0.29) is 24.2 Å². The number of rotatable bonds is 7. The summed E-state index contributed by atoms with van der Waals surface area (Å²) >= 11 is 0. The third-order valence-electron chi connectivity index (χ3n) is 3.34. The maximum atomic E-state index is 12.2. The van der Waals surface area contributed by atoms with Crippen molar-refractivity contribution in [1.82, 2.24) is 0 Å². The molecule has 0 spiro atoms. The highest BCUT2D eigenvalue weighted by Crippen LogP contribution is 2.40. The Morgan fingerprint density at radius 3 is 1.88 bits per heavy atom. The lowest BCUT2D eigenvalue weighted by Gasteiger charge is -2.36. The van der Waals surface area contributed by atoms with Crippen molar-refractivity contribution in [1.29, 1.82) is 0 Å². The average molecular weight is 238 g/mol. The summed E-state index contributed by atoms with van der Waals surface area (Å²) in [5.74, 6) is -1.30. The minimum absolute atomic E-state index is 0.212. The predicted octanol–water partition coefficient (Wildman–Crippen LogP) is 2.77. The second kappa shape index (κ2) is 6.38. The van der Waals surface area contributed by atoms with Gasteiger partial charge in [0.25, 0.3) is 0 Å². The Labute approximate surface area is 104 Å². The van der Waals surface area contributed by atoms with Crippen molar-refractivity contribution in [3.63, 3.8) is 0 Å². The third-order valence-corrected chi connectivity index (χ3v) is 3.34. The summed E-state index contributed by atoms with van der Waals surface area (Å²) in [4.78, 5) is 24.2. The van der Waals surface area contributed by atoms with Gasteiger partial charge in [-0.05, 0) is 25.7 Å². The molecule has 3 heteroatoms. The highest BCUT2D eigenvalue weighted by atomic mass is 16.5. The normalized spacial score (nSPS) is 17.4. The number of ether oxygens (including phenoxy) is 1. The molecular weight excluding hydrogens is 216 g/mol. The van der Waals surface area contributed by atoms with E-state index in [1.165, 1.54) is 6.92 Å². The summed E-state index contributed by atoms with van der Waals surface area (Å²) in [6, 6.07) is 0. The molecule has 2 unspecified atom stereocenters. The lowest BCUT2D eigenvalue weighted by atomic mass is 9.65. The standard InChI is InChI=1S/C14H22O3/c1-7-10(4)14(12(6)15,11(5)8-2)13(16)17-9-3/h7-8,10-11H,1-2,9H2,3-6H3. The molecule has 0 aromatic rings. The fourth-order valence-corrected chi connectivity index (χ4v) is 2.19. The maximum absolute atomic E-state index is 12.2. The molecule has 0 aliphatic rings. The number of Topliss-reactive ketones (excluding diaryl/α,β-unsaturated/α-hetero) is 1. The highest BCUT2D eigenvalue weighted by molar-refractivity contribution is 6.03. The van der Waals surface area contributed by atoms with Gasteiger partial charge in [0.1, 0.15) is 11.2 Å². The summed E-state index contributed by atoms with van der Waals surface area (Å²) in [6.07, 6.45) is 3.22. The molecule has 0 saturated heterocycles. The Kier molecular flexibility index (Phi) is 5.86. The zero-order valence-electron chi connectivity index (χ0n) is 11.2. The lowest BCUT2D eigenvalue weighted by Crippen LogP contribution is -2.48. The first kappa shape index (κ1) is 15.6. The van der Waals surface area contributed by atoms with Gasteiger partial charge in [-0.25, -0.2) is 0 Å². The van der Waals surface area contributed by atoms with Crippen molar-refractivity contribution >= 4 is 11.8 Å². The predicted molar refractivity (Wildman–Crippen MR) is 68.5 cm³/mol. The van der Waals surface area contributed by atoms with Crippen LogP contribution in [0.25, 0.3) is 0 Å². The number of carbonyl (C=O) groups excluding carboxylic acids is 2. The summed E-state index contributed by atoms with van der Waals surface area (Å²) in [5, 5.41) is 0. The van der Waals surface area contributed by atoms with E-state index >= 15 is 0 Å². The van der Waals surface area contributed by atoms with E-state index in [0.717, 1.165) is 0 Å². The third kappa shape index (κ3) is 2.65. The molecule has 17 heavy (non-hydrogen) atoms. The molecule has 96 valence electrons. The number of hydrogen-bond acceptors (Lipinski definition) is 3. The van der Waals surface area contributed by atoms with Crippen LogP contribution in [0, 0.1) is 17.3 Å². The van der Waals surface area contributed by atoms with Gasteiger partial charge in [-0.1, -0.05) is 26.0 Å². The molecule has 0 aromatic carbocycles. The van der Waals surface area contributed by atoms with Crippen LogP contribution in [0.4, 0.5) is 0 Å². The van der Waals surface area contributed by atoms with Gasteiger partial charge in [0.05, 0.1) is 6.61 Å². The summed E-state index contributed by atoms with van der Waals surface area (Å²) in [7, 11) is 0. The van der Waals surface area contributed by atoms with E-state index in [0.29, 0.717) is 0 Å². The summed E-state index contributed by atoms with van der Waals surface area (Å²) in [6.45, 7) is 14.3. The first-order chi connectivity index (χ1) is 7.89. The van der Waals surface area contributed by atoms with Crippen molar-refractivity contribution in [2.45, 2.75) is 27.7 Å². The molecule has 2 atom stereocenters. The number of hydrogen-bond donors (Lipinski definition) is 0. The highest BCUT2D eigenvalue weighted by Gasteiger charge is 2.51.